The quantitative estimate of drug-likeness (QED) is 0.547. The molecule has 0 spiro atoms. The number of anilines is 1. The molecule has 0 radical (unpaired) electrons. The summed E-state index contributed by atoms with van der Waals surface area (Å²) in [7, 11) is 0. The van der Waals surface area contributed by atoms with Crippen molar-refractivity contribution >= 4 is 29.5 Å². The van der Waals surface area contributed by atoms with Crippen LogP contribution >= 0.6 is 0 Å². The van der Waals surface area contributed by atoms with E-state index in [0.717, 1.165) is 25.7 Å². The molecule has 1 aromatic heterocycles. The molecule has 7 heteroatoms. The van der Waals surface area contributed by atoms with E-state index < -0.39 is 11.8 Å². The van der Waals surface area contributed by atoms with Crippen molar-refractivity contribution in [2.24, 2.45) is 5.92 Å². The molecule has 1 aromatic carbocycles. The average Bonchev–Trinajstić information content (AvgIpc) is 3.25. The van der Waals surface area contributed by atoms with E-state index in [1.165, 1.54) is 24.8 Å². The van der Waals surface area contributed by atoms with Gasteiger partial charge in [-0.1, -0.05) is 19.3 Å². The van der Waals surface area contributed by atoms with Gasteiger partial charge in [0.25, 0.3) is 11.8 Å². The molecule has 0 saturated heterocycles. The van der Waals surface area contributed by atoms with E-state index in [1.54, 1.807) is 36.4 Å². The van der Waals surface area contributed by atoms with E-state index in [0.29, 0.717) is 17.0 Å². The number of hydrogen-bond donors (Lipinski definition) is 3. The molecule has 0 unspecified atom stereocenters. The Balaban J connectivity index is 1.46. The molecule has 1 aliphatic rings. The second kappa shape index (κ2) is 9.55. The van der Waals surface area contributed by atoms with Crippen molar-refractivity contribution in [2.45, 2.75) is 32.1 Å². The van der Waals surface area contributed by atoms with Crippen molar-refractivity contribution in [3.63, 3.8) is 0 Å². The van der Waals surface area contributed by atoms with Crippen molar-refractivity contribution < 1.29 is 18.8 Å². The number of furan rings is 1. The first-order chi connectivity index (χ1) is 13.6. The summed E-state index contributed by atoms with van der Waals surface area (Å²) in [6, 6.07) is 9.95. The maximum absolute atomic E-state index is 12.3. The highest BCUT2D eigenvalue weighted by atomic mass is 16.3. The molecule has 1 saturated carbocycles. The molecule has 1 heterocycles. The van der Waals surface area contributed by atoms with Crippen molar-refractivity contribution in [1.29, 1.82) is 0 Å². The molecular weight excluding hydrogens is 358 g/mol. The zero-order valence-corrected chi connectivity index (χ0v) is 15.4. The van der Waals surface area contributed by atoms with E-state index in [9.17, 15) is 14.4 Å². The fraction of sp³-hybridized carbons (Fsp3) is 0.286. The van der Waals surface area contributed by atoms with Gasteiger partial charge in [-0.2, -0.15) is 0 Å². The smallest absolute Gasteiger partial charge is 0.269 e. The Morgan fingerprint density at radius 2 is 1.71 bits per heavy atom. The molecule has 0 bridgehead atoms. The molecule has 0 atom stereocenters. The van der Waals surface area contributed by atoms with Gasteiger partial charge in [0.15, 0.2) is 0 Å². The van der Waals surface area contributed by atoms with Crippen LogP contribution in [-0.4, -0.2) is 17.7 Å². The second-order valence-electron chi connectivity index (χ2n) is 6.69. The Hall–Kier alpha value is -3.35. The molecule has 3 rings (SSSR count). The molecule has 7 nitrogen and oxygen atoms in total. The summed E-state index contributed by atoms with van der Waals surface area (Å²) >= 11 is 0. The number of hydrazine groups is 1. The second-order valence-corrected chi connectivity index (χ2v) is 6.69. The van der Waals surface area contributed by atoms with Gasteiger partial charge in [-0.15, -0.1) is 0 Å². The van der Waals surface area contributed by atoms with Crippen LogP contribution in [0.25, 0.3) is 6.08 Å². The Morgan fingerprint density at radius 1 is 0.964 bits per heavy atom. The van der Waals surface area contributed by atoms with Crippen LogP contribution in [0.5, 0.6) is 0 Å². The van der Waals surface area contributed by atoms with Gasteiger partial charge in [-0.3, -0.25) is 25.2 Å². The molecule has 0 aliphatic heterocycles. The lowest BCUT2D eigenvalue weighted by atomic mass is 9.88. The summed E-state index contributed by atoms with van der Waals surface area (Å²) in [6.45, 7) is 0. The van der Waals surface area contributed by atoms with Gasteiger partial charge >= 0.3 is 0 Å². The van der Waals surface area contributed by atoms with Crippen molar-refractivity contribution in [3.8, 4) is 0 Å². The third kappa shape index (κ3) is 5.57. The van der Waals surface area contributed by atoms with E-state index in [-0.39, 0.29) is 11.8 Å². The standard InChI is InChI=1S/C21H23N3O4/c25-19(13-12-18-7-4-14-28-18)23-24-21(27)16-8-10-17(11-9-16)22-20(26)15-5-2-1-3-6-15/h4,7-15H,1-3,5-6H2,(H,22,26)(H,23,25)(H,24,27). The van der Waals surface area contributed by atoms with Crippen LogP contribution in [-0.2, 0) is 9.59 Å². The lowest BCUT2D eigenvalue weighted by Gasteiger charge is -2.20. The molecular formula is C21H23N3O4. The minimum absolute atomic E-state index is 0.0347. The highest BCUT2D eigenvalue weighted by molar-refractivity contribution is 5.98. The van der Waals surface area contributed by atoms with Crippen LogP contribution in [0.1, 0.15) is 48.2 Å². The highest BCUT2D eigenvalue weighted by Crippen LogP contribution is 2.25. The summed E-state index contributed by atoms with van der Waals surface area (Å²) in [5.74, 6) is -0.299. The fourth-order valence-corrected chi connectivity index (χ4v) is 3.09. The number of amides is 3. The minimum atomic E-state index is -0.485. The molecule has 2 aromatic rings. The summed E-state index contributed by atoms with van der Waals surface area (Å²) in [5.41, 5.74) is 5.65. The number of hydrogen-bond acceptors (Lipinski definition) is 4. The summed E-state index contributed by atoms with van der Waals surface area (Å²) < 4.78 is 5.07. The summed E-state index contributed by atoms with van der Waals surface area (Å²) in [6.07, 6.45) is 9.50. The number of carbonyl (C=O) groups is 3. The van der Waals surface area contributed by atoms with Gasteiger partial charge in [0.05, 0.1) is 6.26 Å². The highest BCUT2D eigenvalue weighted by Gasteiger charge is 2.21. The summed E-state index contributed by atoms with van der Waals surface area (Å²) in [4.78, 5) is 36.1. The minimum Gasteiger partial charge on any atom is -0.465 e. The predicted molar refractivity (Wildman–Crippen MR) is 105 cm³/mol. The van der Waals surface area contributed by atoms with Gasteiger partial charge in [0, 0.05) is 23.2 Å². The Labute approximate surface area is 163 Å². The number of benzene rings is 1. The topological polar surface area (TPSA) is 100 Å². The maximum Gasteiger partial charge on any atom is 0.269 e. The first-order valence-corrected chi connectivity index (χ1v) is 9.34. The van der Waals surface area contributed by atoms with Crippen molar-refractivity contribution in [1.82, 2.24) is 10.9 Å². The molecule has 1 aliphatic carbocycles. The van der Waals surface area contributed by atoms with Crippen LogP contribution in [0.15, 0.2) is 53.2 Å². The molecule has 3 amide bonds. The monoisotopic (exact) mass is 381 g/mol. The van der Waals surface area contributed by atoms with E-state index in [4.69, 9.17) is 4.42 Å². The Bertz CT molecular complexity index is 835. The average molecular weight is 381 g/mol. The third-order valence-electron chi connectivity index (χ3n) is 4.63. The van der Waals surface area contributed by atoms with E-state index >= 15 is 0 Å². The van der Waals surface area contributed by atoms with E-state index in [2.05, 4.69) is 16.2 Å². The van der Waals surface area contributed by atoms with Gasteiger partial charge in [0.2, 0.25) is 5.91 Å². The third-order valence-corrected chi connectivity index (χ3v) is 4.63. The number of nitrogens with one attached hydrogen (secondary N) is 3. The predicted octanol–water partition coefficient (Wildman–Crippen LogP) is 3.27. The number of rotatable bonds is 5. The van der Waals surface area contributed by atoms with Crippen molar-refractivity contribution in [3.05, 3.63) is 60.1 Å². The fourth-order valence-electron chi connectivity index (χ4n) is 3.09. The van der Waals surface area contributed by atoms with Crippen LogP contribution in [0, 0.1) is 5.92 Å². The molecule has 146 valence electrons. The maximum atomic E-state index is 12.3. The summed E-state index contributed by atoms with van der Waals surface area (Å²) in [5, 5.41) is 2.90. The first-order valence-electron chi connectivity index (χ1n) is 9.34. The number of carbonyl (C=O) groups excluding carboxylic acids is 3. The van der Waals surface area contributed by atoms with E-state index in [1.807, 2.05) is 0 Å². The molecule has 28 heavy (non-hydrogen) atoms. The first kappa shape index (κ1) is 19.4. The largest absolute Gasteiger partial charge is 0.465 e. The van der Waals surface area contributed by atoms with Crippen LogP contribution < -0.4 is 16.2 Å². The lowest BCUT2D eigenvalue weighted by Crippen LogP contribution is -2.40. The normalized spacial score (nSPS) is 14.6. The zero-order valence-electron chi connectivity index (χ0n) is 15.4. The van der Waals surface area contributed by atoms with Crippen LogP contribution in [0.4, 0.5) is 5.69 Å². The van der Waals surface area contributed by atoms with Crippen LogP contribution in [0.2, 0.25) is 0 Å². The van der Waals surface area contributed by atoms with Gasteiger partial charge in [-0.25, -0.2) is 0 Å². The van der Waals surface area contributed by atoms with Crippen LogP contribution in [0.3, 0.4) is 0 Å². The molecule has 3 N–H and O–H groups in total. The van der Waals surface area contributed by atoms with Gasteiger partial charge < -0.3 is 9.73 Å². The van der Waals surface area contributed by atoms with Gasteiger partial charge in [-0.05, 0) is 55.3 Å². The lowest BCUT2D eigenvalue weighted by molar-refractivity contribution is -0.120. The van der Waals surface area contributed by atoms with Gasteiger partial charge in [0.1, 0.15) is 5.76 Å². The zero-order chi connectivity index (χ0) is 19.8. The Kier molecular flexibility index (Phi) is 6.62. The Morgan fingerprint density at radius 3 is 2.39 bits per heavy atom. The van der Waals surface area contributed by atoms with Crippen molar-refractivity contribution in [2.75, 3.05) is 5.32 Å². The molecule has 1 fully saturated rings. The SMILES string of the molecule is O=C(C=Cc1ccco1)NNC(=O)c1ccc(NC(=O)C2CCCCC2)cc1.